The molecule has 174 valence electrons. The lowest BCUT2D eigenvalue weighted by Gasteiger charge is -2.15. The topological polar surface area (TPSA) is 139 Å². The van der Waals surface area contributed by atoms with Crippen LogP contribution in [0, 0.1) is 13.8 Å². The van der Waals surface area contributed by atoms with Crippen molar-refractivity contribution in [3.8, 4) is 5.75 Å². The van der Waals surface area contributed by atoms with Crippen molar-refractivity contribution in [2.24, 2.45) is 0 Å². The molecule has 0 heterocycles. The second kappa shape index (κ2) is 9.12. The van der Waals surface area contributed by atoms with E-state index in [1.807, 2.05) is 13.0 Å². The number of carboxylic acid groups (broad SMARTS) is 1. The maximum atomic E-state index is 13.0. The number of carboxylic acids is 1. The maximum Gasteiger partial charge on any atom is 0.335 e. The molecule has 3 aromatic rings. The zero-order valence-electron chi connectivity index (χ0n) is 18.0. The van der Waals surface area contributed by atoms with E-state index in [1.165, 1.54) is 37.4 Å². The highest BCUT2D eigenvalue weighted by Gasteiger charge is 2.24. The van der Waals surface area contributed by atoms with Crippen LogP contribution < -0.4 is 14.2 Å². The molecule has 33 heavy (non-hydrogen) atoms. The highest BCUT2D eigenvalue weighted by Crippen LogP contribution is 2.29. The fraction of sp³-hybridized carbons (Fsp3) is 0.136. The van der Waals surface area contributed by atoms with Crippen molar-refractivity contribution in [2.45, 2.75) is 23.6 Å². The van der Waals surface area contributed by atoms with Gasteiger partial charge in [-0.05, 0) is 67.4 Å². The third-order valence-electron chi connectivity index (χ3n) is 4.70. The Morgan fingerprint density at radius 2 is 1.45 bits per heavy atom. The molecule has 0 spiro atoms. The predicted molar refractivity (Wildman–Crippen MR) is 124 cm³/mol. The summed E-state index contributed by atoms with van der Waals surface area (Å²) in [4.78, 5) is 10.8. The Morgan fingerprint density at radius 1 is 0.818 bits per heavy atom. The van der Waals surface area contributed by atoms with Gasteiger partial charge in [0.25, 0.3) is 20.0 Å². The van der Waals surface area contributed by atoms with Gasteiger partial charge < -0.3 is 9.84 Å². The van der Waals surface area contributed by atoms with Crippen LogP contribution in [-0.2, 0) is 20.0 Å². The van der Waals surface area contributed by atoms with Gasteiger partial charge in [0.15, 0.2) is 0 Å². The van der Waals surface area contributed by atoms with Crippen molar-refractivity contribution in [1.29, 1.82) is 0 Å². The third kappa shape index (κ3) is 5.44. The molecule has 3 rings (SSSR count). The Balaban J connectivity index is 1.99. The third-order valence-corrected chi connectivity index (χ3v) is 7.63. The summed E-state index contributed by atoms with van der Waals surface area (Å²) in [6, 6.07) is 14.3. The zero-order valence-corrected chi connectivity index (χ0v) is 19.6. The molecule has 11 heteroatoms. The van der Waals surface area contributed by atoms with Gasteiger partial charge in [-0.15, -0.1) is 0 Å². The SMILES string of the molecule is COc1ccc(C(=O)O)cc1S(=O)(=O)Nc1ccc(C)c(S(=O)(=O)Nc2cccc(C)c2)c1. The monoisotopic (exact) mass is 490 g/mol. The number of aromatic carboxylic acids is 1. The summed E-state index contributed by atoms with van der Waals surface area (Å²) in [7, 11) is -7.07. The number of anilines is 2. The summed E-state index contributed by atoms with van der Waals surface area (Å²) in [6.07, 6.45) is 0. The molecular formula is C22H22N2O7S2. The van der Waals surface area contributed by atoms with Crippen molar-refractivity contribution in [3.05, 3.63) is 77.4 Å². The molecule has 0 aliphatic rings. The minimum atomic E-state index is -4.31. The van der Waals surface area contributed by atoms with Gasteiger partial charge in [-0.3, -0.25) is 9.44 Å². The fourth-order valence-electron chi connectivity index (χ4n) is 3.10. The summed E-state index contributed by atoms with van der Waals surface area (Å²) < 4.78 is 61.7. The molecule has 0 saturated heterocycles. The van der Waals surface area contributed by atoms with Crippen LogP contribution in [0.4, 0.5) is 11.4 Å². The van der Waals surface area contributed by atoms with E-state index >= 15 is 0 Å². The fourth-order valence-corrected chi connectivity index (χ4v) is 5.67. The lowest BCUT2D eigenvalue weighted by atomic mass is 10.2. The summed E-state index contributed by atoms with van der Waals surface area (Å²) in [5.41, 5.74) is 1.38. The van der Waals surface area contributed by atoms with Crippen LogP contribution in [0.15, 0.2) is 70.5 Å². The number of ether oxygens (including phenoxy) is 1. The molecule has 0 unspecified atom stereocenters. The number of hydrogen-bond acceptors (Lipinski definition) is 6. The Morgan fingerprint density at radius 3 is 2.06 bits per heavy atom. The summed E-state index contributed by atoms with van der Waals surface area (Å²) in [5.74, 6) is -1.37. The zero-order chi connectivity index (χ0) is 24.4. The highest BCUT2D eigenvalue weighted by molar-refractivity contribution is 7.93. The number of nitrogens with one attached hydrogen (secondary N) is 2. The van der Waals surface area contributed by atoms with Crippen molar-refractivity contribution < 1.29 is 31.5 Å². The minimum Gasteiger partial charge on any atom is -0.495 e. The van der Waals surface area contributed by atoms with Crippen LogP contribution in [0.1, 0.15) is 21.5 Å². The molecule has 0 aliphatic carbocycles. The van der Waals surface area contributed by atoms with E-state index in [9.17, 15) is 26.7 Å². The lowest BCUT2D eigenvalue weighted by Crippen LogP contribution is -2.17. The first-order valence-electron chi connectivity index (χ1n) is 9.57. The molecule has 0 aromatic heterocycles. The van der Waals surface area contributed by atoms with Crippen molar-refractivity contribution in [2.75, 3.05) is 16.6 Å². The first-order valence-corrected chi connectivity index (χ1v) is 12.5. The summed E-state index contributed by atoms with van der Waals surface area (Å²) in [5, 5.41) is 9.19. The summed E-state index contributed by atoms with van der Waals surface area (Å²) in [6.45, 7) is 3.41. The standard InChI is InChI=1S/C22H22N2O7S2/c1-14-5-4-6-17(11-14)23-32(27,28)20-13-18(9-7-15(20)2)24-33(29,30)21-12-16(22(25)26)8-10-19(21)31-3/h4-13,23-24H,1-3H3,(H,25,26). The van der Waals surface area contributed by atoms with E-state index < -0.39 is 30.9 Å². The average Bonchev–Trinajstić information content (AvgIpc) is 2.74. The summed E-state index contributed by atoms with van der Waals surface area (Å²) >= 11 is 0. The molecular weight excluding hydrogens is 468 g/mol. The first kappa shape index (κ1) is 24.1. The number of benzene rings is 3. The van der Waals surface area contributed by atoms with Gasteiger partial charge in [-0.2, -0.15) is 0 Å². The number of hydrogen-bond donors (Lipinski definition) is 3. The molecule has 0 radical (unpaired) electrons. The predicted octanol–water partition coefficient (Wildman–Crippen LogP) is 3.61. The van der Waals surface area contributed by atoms with E-state index in [4.69, 9.17) is 4.74 Å². The molecule has 0 aliphatic heterocycles. The number of rotatable bonds is 8. The Labute approximate surface area is 192 Å². The first-order chi connectivity index (χ1) is 15.4. The Bertz CT molecular complexity index is 1430. The van der Waals surface area contributed by atoms with E-state index in [1.54, 1.807) is 25.1 Å². The van der Waals surface area contributed by atoms with Gasteiger partial charge in [0.1, 0.15) is 10.6 Å². The van der Waals surface area contributed by atoms with Gasteiger partial charge in [0.2, 0.25) is 0 Å². The minimum absolute atomic E-state index is 0.0204. The Kier molecular flexibility index (Phi) is 6.65. The molecule has 0 atom stereocenters. The second-order valence-electron chi connectivity index (χ2n) is 7.23. The molecule has 3 aromatic carbocycles. The lowest BCUT2D eigenvalue weighted by molar-refractivity contribution is 0.0696. The van der Waals surface area contributed by atoms with Crippen LogP contribution >= 0.6 is 0 Å². The van der Waals surface area contributed by atoms with Gasteiger partial charge >= 0.3 is 5.97 Å². The molecule has 0 saturated carbocycles. The number of sulfonamides is 2. The molecule has 9 nitrogen and oxygen atoms in total. The van der Waals surface area contributed by atoms with Crippen LogP contribution in [-0.4, -0.2) is 35.0 Å². The number of methoxy groups -OCH3 is 1. The Hall–Kier alpha value is -3.57. The van der Waals surface area contributed by atoms with Gasteiger partial charge in [0.05, 0.1) is 23.3 Å². The normalized spacial score (nSPS) is 11.6. The molecule has 0 fully saturated rings. The van der Waals surface area contributed by atoms with Gasteiger partial charge in [-0.1, -0.05) is 18.2 Å². The average molecular weight is 491 g/mol. The van der Waals surface area contributed by atoms with Gasteiger partial charge in [0, 0.05) is 5.69 Å². The van der Waals surface area contributed by atoms with Crippen LogP contribution in [0.25, 0.3) is 0 Å². The van der Waals surface area contributed by atoms with Crippen molar-refractivity contribution in [3.63, 3.8) is 0 Å². The van der Waals surface area contributed by atoms with E-state index in [2.05, 4.69) is 9.44 Å². The number of aryl methyl sites for hydroxylation is 2. The van der Waals surface area contributed by atoms with Gasteiger partial charge in [-0.25, -0.2) is 21.6 Å². The van der Waals surface area contributed by atoms with E-state index in [0.717, 1.165) is 11.6 Å². The van der Waals surface area contributed by atoms with Crippen LogP contribution in [0.5, 0.6) is 5.75 Å². The van der Waals surface area contributed by atoms with E-state index in [0.29, 0.717) is 11.3 Å². The molecule has 3 N–H and O–H groups in total. The highest BCUT2D eigenvalue weighted by atomic mass is 32.2. The maximum absolute atomic E-state index is 13.0. The van der Waals surface area contributed by atoms with Crippen LogP contribution in [0.2, 0.25) is 0 Å². The number of carbonyl (C=O) groups is 1. The van der Waals surface area contributed by atoms with Crippen molar-refractivity contribution in [1.82, 2.24) is 0 Å². The molecule has 0 bridgehead atoms. The smallest absolute Gasteiger partial charge is 0.335 e. The van der Waals surface area contributed by atoms with Crippen LogP contribution in [0.3, 0.4) is 0 Å². The second-order valence-corrected chi connectivity index (χ2v) is 10.5. The van der Waals surface area contributed by atoms with E-state index in [-0.39, 0.29) is 21.9 Å². The van der Waals surface area contributed by atoms with Crippen molar-refractivity contribution >= 4 is 37.4 Å². The molecule has 0 amide bonds. The quantitative estimate of drug-likeness (QED) is 0.438. The largest absolute Gasteiger partial charge is 0.495 e.